The van der Waals surface area contributed by atoms with Gasteiger partial charge in [-0.05, 0) is 13.0 Å². The molecule has 0 bridgehead atoms. The summed E-state index contributed by atoms with van der Waals surface area (Å²) in [6.07, 6.45) is 0. The van der Waals surface area contributed by atoms with E-state index in [1.807, 2.05) is 0 Å². The van der Waals surface area contributed by atoms with Crippen LogP contribution in [-0.2, 0) is 4.79 Å². The lowest BCUT2D eigenvalue weighted by atomic mass is 9.99. The lowest BCUT2D eigenvalue weighted by molar-refractivity contribution is -0.138. The number of rotatable bonds is 5. The van der Waals surface area contributed by atoms with Crippen LogP contribution in [0.15, 0.2) is 12.1 Å². The maximum atomic E-state index is 11.0. The lowest BCUT2D eigenvalue weighted by Gasteiger charge is -2.17. The summed E-state index contributed by atoms with van der Waals surface area (Å²) in [5.41, 5.74) is 0.553. The van der Waals surface area contributed by atoms with Crippen molar-refractivity contribution >= 4 is 5.97 Å². The van der Waals surface area contributed by atoms with Crippen LogP contribution >= 0.6 is 0 Å². The van der Waals surface area contributed by atoms with E-state index in [9.17, 15) is 4.79 Å². The smallest absolute Gasteiger partial charge is 0.310 e. The van der Waals surface area contributed by atoms with E-state index in [4.69, 9.17) is 19.3 Å². The Morgan fingerprint density at radius 2 is 1.71 bits per heavy atom. The largest absolute Gasteiger partial charge is 0.493 e. The van der Waals surface area contributed by atoms with Gasteiger partial charge >= 0.3 is 5.97 Å². The Kier molecular flexibility index (Phi) is 4.20. The van der Waals surface area contributed by atoms with Crippen LogP contribution in [0.2, 0.25) is 0 Å². The molecule has 5 nitrogen and oxygen atoms in total. The highest BCUT2D eigenvalue weighted by Gasteiger charge is 2.23. The summed E-state index contributed by atoms with van der Waals surface area (Å²) in [6, 6.07) is 3.33. The maximum absolute atomic E-state index is 11.0. The van der Waals surface area contributed by atoms with Crippen molar-refractivity contribution in [2.45, 2.75) is 12.8 Å². The molecule has 0 aliphatic heterocycles. The number of benzene rings is 1. The molecule has 0 spiro atoms. The number of aliphatic carboxylic acids is 1. The van der Waals surface area contributed by atoms with Crippen molar-refractivity contribution < 1.29 is 24.1 Å². The molecule has 1 aromatic rings. The molecule has 0 aromatic heterocycles. The highest BCUT2D eigenvalue weighted by molar-refractivity contribution is 5.78. The number of hydrogen-bond acceptors (Lipinski definition) is 4. The molecule has 0 radical (unpaired) electrons. The third kappa shape index (κ3) is 2.43. The van der Waals surface area contributed by atoms with Gasteiger partial charge in [0, 0.05) is 5.56 Å². The summed E-state index contributed by atoms with van der Waals surface area (Å²) < 4.78 is 15.5. The van der Waals surface area contributed by atoms with E-state index in [0.29, 0.717) is 22.8 Å². The lowest BCUT2D eigenvalue weighted by Crippen LogP contribution is -2.09. The van der Waals surface area contributed by atoms with Crippen molar-refractivity contribution in [2.24, 2.45) is 0 Å². The second-order valence-electron chi connectivity index (χ2n) is 3.48. The van der Waals surface area contributed by atoms with Crippen molar-refractivity contribution in [1.82, 2.24) is 0 Å². The van der Waals surface area contributed by atoms with E-state index in [-0.39, 0.29) is 0 Å². The molecule has 0 aliphatic carbocycles. The van der Waals surface area contributed by atoms with Crippen LogP contribution in [0.3, 0.4) is 0 Å². The van der Waals surface area contributed by atoms with Gasteiger partial charge in [-0.2, -0.15) is 0 Å². The van der Waals surface area contributed by atoms with Gasteiger partial charge in [-0.25, -0.2) is 0 Å². The molecular weight excluding hydrogens is 224 g/mol. The third-order valence-corrected chi connectivity index (χ3v) is 2.57. The minimum atomic E-state index is -0.921. The Hall–Kier alpha value is -1.91. The van der Waals surface area contributed by atoms with Gasteiger partial charge in [0.25, 0.3) is 0 Å². The first-order chi connectivity index (χ1) is 8.06. The quantitative estimate of drug-likeness (QED) is 0.851. The summed E-state index contributed by atoms with van der Waals surface area (Å²) >= 11 is 0. The fraction of sp³-hybridized carbons (Fsp3) is 0.417. The van der Waals surface area contributed by atoms with Crippen LogP contribution < -0.4 is 14.2 Å². The molecule has 1 atom stereocenters. The Morgan fingerprint density at radius 3 is 2.12 bits per heavy atom. The fourth-order valence-electron chi connectivity index (χ4n) is 1.60. The van der Waals surface area contributed by atoms with Crippen molar-refractivity contribution in [3.05, 3.63) is 17.7 Å². The summed E-state index contributed by atoms with van der Waals surface area (Å²) in [7, 11) is 4.46. The SMILES string of the molecule is COc1ccc(C(C)C(=O)O)c(OC)c1OC. The van der Waals surface area contributed by atoms with Crippen LogP contribution in [0.25, 0.3) is 0 Å². The maximum Gasteiger partial charge on any atom is 0.310 e. The Labute approximate surface area is 99.9 Å². The molecule has 94 valence electrons. The Balaban J connectivity index is 3.37. The molecule has 1 rings (SSSR count). The molecule has 0 fully saturated rings. The van der Waals surface area contributed by atoms with Crippen molar-refractivity contribution in [3.8, 4) is 17.2 Å². The van der Waals surface area contributed by atoms with Crippen molar-refractivity contribution in [1.29, 1.82) is 0 Å². The predicted octanol–water partition coefficient (Wildman–Crippen LogP) is 1.90. The van der Waals surface area contributed by atoms with Gasteiger partial charge in [-0.3, -0.25) is 4.79 Å². The van der Waals surface area contributed by atoms with Crippen LogP contribution in [0, 0.1) is 0 Å². The predicted molar refractivity (Wildman–Crippen MR) is 62.1 cm³/mol. The first-order valence-electron chi connectivity index (χ1n) is 5.08. The van der Waals surface area contributed by atoms with E-state index in [1.54, 1.807) is 19.1 Å². The van der Waals surface area contributed by atoms with Crippen molar-refractivity contribution in [2.75, 3.05) is 21.3 Å². The number of hydrogen-bond donors (Lipinski definition) is 1. The Bertz CT molecular complexity index is 414. The molecule has 0 aliphatic rings. The fourth-order valence-corrected chi connectivity index (χ4v) is 1.60. The zero-order valence-corrected chi connectivity index (χ0v) is 10.3. The molecule has 5 heteroatoms. The topological polar surface area (TPSA) is 65.0 Å². The Morgan fingerprint density at radius 1 is 1.12 bits per heavy atom. The normalized spacial score (nSPS) is 11.8. The third-order valence-electron chi connectivity index (χ3n) is 2.57. The monoisotopic (exact) mass is 240 g/mol. The molecule has 1 aromatic carbocycles. The average molecular weight is 240 g/mol. The van der Waals surface area contributed by atoms with Crippen molar-refractivity contribution in [3.63, 3.8) is 0 Å². The van der Waals surface area contributed by atoms with Crippen LogP contribution in [0.5, 0.6) is 17.2 Å². The standard InChI is InChI=1S/C12H16O5/c1-7(12(13)14)8-5-6-9(15-2)11(17-4)10(8)16-3/h5-7H,1-4H3,(H,13,14). The minimum Gasteiger partial charge on any atom is -0.493 e. The summed E-state index contributed by atoms with van der Waals surface area (Å²) in [6.45, 7) is 1.59. The highest BCUT2D eigenvalue weighted by Crippen LogP contribution is 2.42. The van der Waals surface area contributed by atoms with Crippen LogP contribution in [-0.4, -0.2) is 32.4 Å². The zero-order chi connectivity index (χ0) is 13.0. The minimum absolute atomic E-state index is 0.391. The average Bonchev–Trinajstić information content (AvgIpc) is 2.35. The van der Waals surface area contributed by atoms with Gasteiger partial charge in [0.15, 0.2) is 11.5 Å². The second kappa shape index (κ2) is 5.43. The molecule has 0 heterocycles. The molecule has 0 amide bonds. The highest BCUT2D eigenvalue weighted by atomic mass is 16.5. The van der Waals surface area contributed by atoms with Gasteiger partial charge in [0.1, 0.15) is 0 Å². The van der Waals surface area contributed by atoms with E-state index < -0.39 is 11.9 Å². The van der Waals surface area contributed by atoms with Crippen LogP contribution in [0.4, 0.5) is 0 Å². The zero-order valence-electron chi connectivity index (χ0n) is 10.3. The molecule has 1 unspecified atom stereocenters. The van der Waals surface area contributed by atoms with E-state index >= 15 is 0 Å². The summed E-state index contributed by atoms with van der Waals surface area (Å²) in [4.78, 5) is 11.0. The summed E-state index contributed by atoms with van der Waals surface area (Å²) in [5, 5.41) is 9.02. The molecule has 1 N–H and O–H groups in total. The van der Waals surface area contributed by atoms with Gasteiger partial charge in [-0.1, -0.05) is 6.07 Å². The van der Waals surface area contributed by atoms with E-state index in [2.05, 4.69) is 0 Å². The number of carboxylic acids is 1. The second-order valence-corrected chi connectivity index (χ2v) is 3.48. The summed E-state index contributed by atoms with van der Waals surface area (Å²) in [5.74, 6) is -0.298. The van der Waals surface area contributed by atoms with Gasteiger partial charge < -0.3 is 19.3 Å². The first kappa shape index (κ1) is 13.2. The molecular formula is C12H16O5. The van der Waals surface area contributed by atoms with Gasteiger partial charge in [0.2, 0.25) is 5.75 Å². The first-order valence-corrected chi connectivity index (χ1v) is 5.08. The molecule has 0 saturated carbocycles. The van der Waals surface area contributed by atoms with Gasteiger partial charge in [-0.15, -0.1) is 0 Å². The van der Waals surface area contributed by atoms with E-state index in [1.165, 1.54) is 21.3 Å². The number of ether oxygens (including phenoxy) is 3. The number of carbonyl (C=O) groups is 1. The van der Waals surface area contributed by atoms with Crippen LogP contribution in [0.1, 0.15) is 18.4 Å². The number of methoxy groups -OCH3 is 3. The van der Waals surface area contributed by atoms with Gasteiger partial charge in [0.05, 0.1) is 27.2 Å². The van der Waals surface area contributed by atoms with E-state index in [0.717, 1.165) is 0 Å². The molecule has 0 saturated heterocycles. The number of carboxylic acid groups (broad SMARTS) is 1. The molecule has 17 heavy (non-hydrogen) atoms.